The van der Waals surface area contributed by atoms with Crippen LogP contribution < -0.4 is 22.9 Å². The fraction of sp³-hybridized carbons (Fsp3) is 0. The third-order valence-electron chi connectivity index (χ3n) is 4.73. The van der Waals surface area contributed by atoms with E-state index in [1.807, 2.05) is 24.3 Å². The smallest absolute Gasteiger partial charge is 0.0340 e. The standard InChI is InChI=1S/C24H22N4/c25-21-9-19(10-22(26)13-21)17-5-1-15(2-6-17)16-3-7-18(8-4-16)20-11-23(27)14-24(28)12-20/h1-14H,25-28H2. The Morgan fingerprint density at radius 2 is 0.500 bits per heavy atom. The van der Waals surface area contributed by atoms with Crippen molar-refractivity contribution in [1.29, 1.82) is 0 Å². The van der Waals surface area contributed by atoms with Gasteiger partial charge in [-0.3, -0.25) is 0 Å². The third kappa shape index (κ3) is 3.62. The molecule has 28 heavy (non-hydrogen) atoms. The first-order chi connectivity index (χ1) is 13.5. The molecule has 8 N–H and O–H groups in total. The molecule has 0 radical (unpaired) electrons. The van der Waals surface area contributed by atoms with Crippen LogP contribution in [0.1, 0.15) is 0 Å². The molecule has 0 spiro atoms. The molecule has 0 aliphatic heterocycles. The van der Waals surface area contributed by atoms with Crippen LogP contribution >= 0.6 is 0 Å². The Hall–Kier alpha value is -3.92. The summed E-state index contributed by atoms with van der Waals surface area (Å²) < 4.78 is 0. The molecule has 0 aliphatic carbocycles. The van der Waals surface area contributed by atoms with Gasteiger partial charge in [-0.2, -0.15) is 0 Å². The average molecular weight is 366 g/mol. The van der Waals surface area contributed by atoms with Gasteiger partial charge in [0.25, 0.3) is 0 Å². The number of benzene rings is 4. The highest BCUT2D eigenvalue weighted by atomic mass is 14.6. The predicted octanol–water partition coefficient (Wildman–Crippen LogP) is 5.02. The first-order valence-electron chi connectivity index (χ1n) is 9.01. The summed E-state index contributed by atoms with van der Waals surface area (Å²) in [7, 11) is 0. The molecule has 0 aromatic heterocycles. The second kappa shape index (κ2) is 7.00. The number of hydrogen-bond donors (Lipinski definition) is 4. The second-order valence-corrected chi connectivity index (χ2v) is 6.93. The summed E-state index contributed by atoms with van der Waals surface area (Å²) in [5, 5.41) is 0. The quantitative estimate of drug-likeness (QED) is 0.382. The minimum absolute atomic E-state index is 0.664. The summed E-state index contributed by atoms with van der Waals surface area (Å²) in [6.45, 7) is 0. The molecule has 4 aromatic carbocycles. The Morgan fingerprint density at radius 1 is 0.286 bits per heavy atom. The molecule has 4 nitrogen and oxygen atoms in total. The van der Waals surface area contributed by atoms with Gasteiger partial charge in [0.1, 0.15) is 0 Å². The van der Waals surface area contributed by atoms with E-state index in [1.54, 1.807) is 12.1 Å². The van der Waals surface area contributed by atoms with Crippen LogP contribution in [0.25, 0.3) is 33.4 Å². The van der Waals surface area contributed by atoms with E-state index < -0.39 is 0 Å². The highest BCUT2D eigenvalue weighted by Crippen LogP contribution is 2.30. The fourth-order valence-corrected chi connectivity index (χ4v) is 3.40. The fourth-order valence-electron chi connectivity index (χ4n) is 3.40. The molecule has 0 saturated heterocycles. The summed E-state index contributed by atoms with van der Waals surface area (Å²) >= 11 is 0. The molecular weight excluding hydrogens is 344 g/mol. The Labute approximate surface area is 164 Å². The van der Waals surface area contributed by atoms with Crippen LogP contribution in [0.15, 0.2) is 84.9 Å². The molecule has 4 rings (SSSR count). The summed E-state index contributed by atoms with van der Waals surface area (Å²) in [6, 6.07) is 27.9. The Kier molecular flexibility index (Phi) is 4.38. The van der Waals surface area contributed by atoms with Crippen LogP contribution in [-0.2, 0) is 0 Å². The molecule has 0 bridgehead atoms. The van der Waals surface area contributed by atoms with Crippen LogP contribution in [0.2, 0.25) is 0 Å². The first-order valence-corrected chi connectivity index (χ1v) is 9.01. The summed E-state index contributed by atoms with van der Waals surface area (Å²) in [6.07, 6.45) is 0. The number of rotatable bonds is 3. The molecule has 0 unspecified atom stereocenters. The van der Waals surface area contributed by atoms with Crippen molar-refractivity contribution in [2.75, 3.05) is 22.9 Å². The zero-order valence-corrected chi connectivity index (χ0v) is 15.4. The van der Waals surface area contributed by atoms with E-state index in [-0.39, 0.29) is 0 Å². The molecule has 4 heteroatoms. The lowest BCUT2D eigenvalue weighted by atomic mass is 9.97. The monoisotopic (exact) mass is 366 g/mol. The van der Waals surface area contributed by atoms with E-state index in [2.05, 4.69) is 48.5 Å². The van der Waals surface area contributed by atoms with Crippen LogP contribution in [0.4, 0.5) is 22.7 Å². The van der Waals surface area contributed by atoms with Crippen molar-refractivity contribution in [2.45, 2.75) is 0 Å². The van der Waals surface area contributed by atoms with Crippen molar-refractivity contribution in [1.82, 2.24) is 0 Å². The predicted molar refractivity (Wildman–Crippen MR) is 120 cm³/mol. The lowest BCUT2D eigenvalue weighted by Gasteiger charge is -2.09. The van der Waals surface area contributed by atoms with Crippen LogP contribution in [0.5, 0.6) is 0 Å². The van der Waals surface area contributed by atoms with Gasteiger partial charge in [-0.1, -0.05) is 48.5 Å². The lowest BCUT2D eigenvalue weighted by molar-refractivity contribution is 1.57. The van der Waals surface area contributed by atoms with E-state index in [1.165, 1.54) is 0 Å². The minimum atomic E-state index is 0.664. The second-order valence-electron chi connectivity index (χ2n) is 6.93. The molecule has 138 valence electrons. The minimum Gasteiger partial charge on any atom is -0.399 e. The van der Waals surface area contributed by atoms with Crippen molar-refractivity contribution in [3.8, 4) is 33.4 Å². The third-order valence-corrected chi connectivity index (χ3v) is 4.73. The van der Waals surface area contributed by atoms with Gasteiger partial charge in [-0.15, -0.1) is 0 Å². The molecule has 0 heterocycles. The summed E-state index contributed by atoms with van der Waals surface area (Å²) in [4.78, 5) is 0. The van der Waals surface area contributed by atoms with Crippen molar-refractivity contribution >= 4 is 22.7 Å². The van der Waals surface area contributed by atoms with Crippen LogP contribution in [-0.4, -0.2) is 0 Å². The number of anilines is 4. The molecule has 0 amide bonds. The van der Waals surface area contributed by atoms with Crippen molar-refractivity contribution in [3.63, 3.8) is 0 Å². The topological polar surface area (TPSA) is 104 Å². The maximum absolute atomic E-state index is 5.90. The lowest BCUT2D eigenvalue weighted by Crippen LogP contribution is -1.91. The van der Waals surface area contributed by atoms with Gasteiger partial charge in [0.2, 0.25) is 0 Å². The van der Waals surface area contributed by atoms with Gasteiger partial charge in [0.15, 0.2) is 0 Å². The Bertz CT molecular complexity index is 997. The van der Waals surface area contributed by atoms with E-state index in [4.69, 9.17) is 22.9 Å². The van der Waals surface area contributed by atoms with E-state index in [0.717, 1.165) is 33.4 Å². The average Bonchev–Trinajstić information content (AvgIpc) is 2.67. The zero-order chi connectivity index (χ0) is 19.7. The molecule has 0 saturated carbocycles. The van der Waals surface area contributed by atoms with Gasteiger partial charge in [0, 0.05) is 22.7 Å². The van der Waals surface area contributed by atoms with Crippen molar-refractivity contribution in [3.05, 3.63) is 84.9 Å². The molecule has 4 aromatic rings. The first kappa shape index (κ1) is 17.5. The molecule has 0 atom stereocenters. The maximum atomic E-state index is 5.90. The Balaban J connectivity index is 1.61. The Morgan fingerprint density at radius 3 is 0.750 bits per heavy atom. The number of nitrogen functional groups attached to an aromatic ring is 4. The molecule has 0 aliphatic rings. The molecular formula is C24H22N4. The summed E-state index contributed by atoms with van der Waals surface area (Å²) in [5.74, 6) is 0. The van der Waals surface area contributed by atoms with E-state index >= 15 is 0 Å². The number of hydrogen-bond acceptors (Lipinski definition) is 4. The van der Waals surface area contributed by atoms with Crippen molar-refractivity contribution < 1.29 is 0 Å². The van der Waals surface area contributed by atoms with E-state index in [9.17, 15) is 0 Å². The summed E-state index contributed by atoms with van der Waals surface area (Å²) in [5.41, 5.74) is 32.7. The SMILES string of the molecule is Nc1cc(N)cc(-c2ccc(-c3ccc(-c4cc(N)cc(N)c4)cc3)cc2)c1. The van der Waals surface area contributed by atoms with Gasteiger partial charge in [-0.05, 0) is 69.8 Å². The number of nitrogens with two attached hydrogens (primary N) is 4. The normalized spacial score (nSPS) is 10.7. The van der Waals surface area contributed by atoms with Crippen LogP contribution in [0, 0.1) is 0 Å². The molecule has 0 fully saturated rings. The van der Waals surface area contributed by atoms with Gasteiger partial charge in [0.05, 0.1) is 0 Å². The highest BCUT2D eigenvalue weighted by molar-refractivity contribution is 5.77. The van der Waals surface area contributed by atoms with Gasteiger partial charge in [-0.25, -0.2) is 0 Å². The highest BCUT2D eigenvalue weighted by Gasteiger charge is 2.04. The van der Waals surface area contributed by atoms with Gasteiger partial charge < -0.3 is 22.9 Å². The van der Waals surface area contributed by atoms with Crippen molar-refractivity contribution in [2.24, 2.45) is 0 Å². The maximum Gasteiger partial charge on any atom is 0.0340 e. The largest absolute Gasteiger partial charge is 0.399 e. The van der Waals surface area contributed by atoms with E-state index in [0.29, 0.717) is 22.7 Å². The van der Waals surface area contributed by atoms with Gasteiger partial charge >= 0.3 is 0 Å². The zero-order valence-electron chi connectivity index (χ0n) is 15.4. The van der Waals surface area contributed by atoms with Crippen LogP contribution in [0.3, 0.4) is 0 Å².